The van der Waals surface area contributed by atoms with E-state index in [4.69, 9.17) is 5.11 Å². The van der Waals surface area contributed by atoms with Crippen molar-refractivity contribution in [2.24, 2.45) is 0 Å². The molecule has 0 aliphatic rings. The number of carbonyl (C=O) groups excluding carboxylic acids is 1. The van der Waals surface area contributed by atoms with Crippen LogP contribution in [0.2, 0.25) is 0 Å². The van der Waals surface area contributed by atoms with E-state index in [1.165, 1.54) is 0 Å². The van der Waals surface area contributed by atoms with Crippen molar-refractivity contribution in [1.82, 2.24) is 10.3 Å². The Morgan fingerprint density at radius 3 is 2.68 bits per heavy atom. The molecule has 5 heteroatoms. The van der Waals surface area contributed by atoms with Crippen LogP contribution in [0.3, 0.4) is 0 Å². The SMILES string of the molecule is CC[C@H](NC(=O)c1c(C)[nH]c2ccccc12)C(=O)O. The zero-order valence-corrected chi connectivity index (χ0v) is 10.9. The Morgan fingerprint density at radius 1 is 1.37 bits per heavy atom. The lowest BCUT2D eigenvalue weighted by Gasteiger charge is -2.12. The van der Waals surface area contributed by atoms with E-state index >= 15 is 0 Å². The van der Waals surface area contributed by atoms with Crippen molar-refractivity contribution in [2.75, 3.05) is 0 Å². The van der Waals surface area contributed by atoms with Crippen LogP contribution >= 0.6 is 0 Å². The van der Waals surface area contributed by atoms with Crippen molar-refractivity contribution in [3.8, 4) is 0 Å². The van der Waals surface area contributed by atoms with Crippen LogP contribution in [-0.4, -0.2) is 28.0 Å². The number of aliphatic carboxylic acids is 1. The molecule has 1 heterocycles. The summed E-state index contributed by atoms with van der Waals surface area (Å²) in [5.74, 6) is -1.38. The molecule has 2 rings (SSSR count). The number of aromatic amines is 1. The molecule has 0 aliphatic carbocycles. The number of carbonyl (C=O) groups is 2. The van der Waals surface area contributed by atoms with Gasteiger partial charge in [-0.05, 0) is 19.4 Å². The van der Waals surface area contributed by atoms with Crippen molar-refractivity contribution >= 4 is 22.8 Å². The van der Waals surface area contributed by atoms with E-state index in [1.807, 2.05) is 24.3 Å². The fourth-order valence-electron chi connectivity index (χ4n) is 2.14. The number of aryl methyl sites for hydroxylation is 1. The molecular weight excluding hydrogens is 244 g/mol. The Labute approximate surface area is 110 Å². The van der Waals surface area contributed by atoms with Crippen molar-refractivity contribution in [3.05, 3.63) is 35.5 Å². The van der Waals surface area contributed by atoms with Crippen molar-refractivity contribution in [3.63, 3.8) is 0 Å². The van der Waals surface area contributed by atoms with Crippen LogP contribution in [0, 0.1) is 6.92 Å². The lowest BCUT2D eigenvalue weighted by molar-refractivity contribution is -0.139. The quantitative estimate of drug-likeness (QED) is 0.787. The zero-order valence-electron chi connectivity index (χ0n) is 10.9. The third kappa shape index (κ3) is 2.45. The van der Waals surface area contributed by atoms with Gasteiger partial charge in [0, 0.05) is 16.6 Å². The molecular formula is C14H16N2O3. The molecule has 0 fully saturated rings. The van der Waals surface area contributed by atoms with E-state index in [9.17, 15) is 9.59 Å². The second-order valence-corrected chi connectivity index (χ2v) is 4.44. The van der Waals surface area contributed by atoms with Gasteiger partial charge < -0.3 is 15.4 Å². The molecule has 0 saturated heterocycles. The molecule has 0 saturated carbocycles. The van der Waals surface area contributed by atoms with E-state index in [-0.39, 0.29) is 5.91 Å². The van der Waals surface area contributed by atoms with E-state index in [1.54, 1.807) is 13.8 Å². The number of amides is 1. The number of nitrogens with one attached hydrogen (secondary N) is 2. The van der Waals surface area contributed by atoms with Crippen molar-refractivity contribution in [1.29, 1.82) is 0 Å². The minimum Gasteiger partial charge on any atom is -0.480 e. The van der Waals surface area contributed by atoms with Crippen LogP contribution in [0.15, 0.2) is 24.3 Å². The third-order valence-corrected chi connectivity index (χ3v) is 3.13. The average molecular weight is 260 g/mol. The number of hydrogen-bond acceptors (Lipinski definition) is 2. The van der Waals surface area contributed by atoms with Gasteiger partial charge in [0.15, 0.2) is 0 Å². The number of fused-ring (bicyclic) bond motifs is 1. The Kier molecular flexibility index (Phi) is 3.55. The Bertz CT molecular complexity index is 631. The molecule has 1 amide bonds. The van der Waals surface area contributed by atoms with Crippen molar-refractivity contribution < 1.29 is 14.7 Å². The van der Waals surface area contributed by atoms with Gasteiger partial charge in [-0.15, -0.1) is 0 Å². The molecule has 2 aromatic rings. The molecule has 0 bridgehead atoms. The minimum atomic E-state index is -1.02. The van der Waals surface area contributed by atoms with Gasteiger partial charge in [-0.3, -0.25) is 4.79 Å². The summed E-state index contributed by atoms with van der Waals surface area (Å²) in [5, 5.41) is 12.3. The number of carboxylic acid groups (broad SMARTS) is 1. The number of hydrogen-bond donors (Lipinski definition) is 3. The summed E-state index contributed by atoms with van der Waals surface area (Å²) < 4.78 is 0. The summed E-state index contributed by atoms with van der Waals surface area (Å²) in [5.41, 5.74) is 2.11. The molecule has 1 aromatic heterocycles. The summed E-state index contributed by atoms with van der Waals surface area (Å²) in [6, 6.07) is 6.59. The Balaban J connectivity index is 2.36. The first-order valence-corrected chi connectivity index (χ1v) is 6.15. The number of aromatic nitrogens is 1. The minimum absolute atomic E-state index is 0.350. The van der Waals surface area contributed by atoms with Crippen LogP contribution in [0.1, 0.15) is 29.4 Å². The number of rotatable bonds is 4. The fraction of sp³-hybridized carbons (Fsp3) is 0.286. The standard InChI is InChI=1S/C14H16N2O3/c1-3-10(14(18)19)16-13(17)12-8(2)15-11-7-5-4-6-9(11)12/h4-7,10,15H,3H2,1-2H3,(H,16,17)(H,18,19)/t10-/m0/s1. The summed E-state index contributed by atoms with van der Waals surface area (Å²) >= 11 is 0. The summed E-state index contributed by atoms with van der Waals surface area (Å²) in [4.78, 5) is 26.3. The van der Waals surface area contributed by atoms with Gasteiger partial charge in [-0.25, -0.2) is 4.79 Å². The predicted octanol–water partition coefficient (Wildman–Crippen LogP) is 2.07. The normalized spacial score (nSPS) is 12.3. The fourth-order valence-corrected chi connectivity index (χ4v) is 2.14. The number of carboxylic acids is 1. The number of H-pyrrole nitrogens is 1. The molecule has 100 valence electrons. The molecule has 0 radical (unpaired) electrons. The molecule has 1 atom stereocenters. The van der Waals surface area contributed by atoms with Gasteiger partial charge in [0.05, 0.1) is 5.56 Å². The molecule has 0 spiro atoms. The van der Waals surface area contributed by atoms with Crippen LogP contribution < -0.4 is 5.32 Å². The monoisotopic (exact) mass is 260 g/mol. The second kappa shape index (κ2) is 5.14. The second-order valence-electron chi connectivity index (χ2n) is 4.44. The number of benzene rings is 1. The maximum atomic E-state index is 12.2. The Hall–Kier alpha value is -2.30. The third-order valence-electron chi connectivity index (χ3n) is 3.13. The lowest BCUT2D eigenvalue weighted by Crippen LogP contribution is -2.40. The Morgan fingerprint density at radius 2 is 2.05 bits per heavy atom. The van der Waals surface area contributed by atoms with E-state index in [0.29, 0.717) is 12.0 Å². The number of para-hydroxylation sites is 1. The van der Waals surface area contributed by atoms with Gasteiger partial charge >= 0.3 is 5.97 Å². The maximum absolute atomic E-state index is 12.2. The lowest BCUT2D eigenvalue weighted by atomic mass is 10.1. The molecule has 1 aromatic carbocycles. The highest BCUT2D eigenvalue weighted by Gasteiger charge is 2.22. The summed E-state index contributed by atoms with van der Waals surface area (Å²) in [6.45, 7) is 3.53. The van der Waals surface area contributed by atoms with Gasteiger partial charge in [0.25, 0.3) is 5.91 Å². The van der Waals surface area contributed by atoms with E-state index in [2.05, 4.69) is 10.3 Å². The molecule has 3 N–H and O–H groups in total. The van der Waals surface area contributed by atoms with Crippen LogP contribution in [-0.2, 0) is 4.79 Å². The first-order valence-electron chi connectivity index (χ1n) is 6.15. The van der Waals surface area contributed by atoms with E-state index < -0.39 is 12.0 Å². The maximum Gasteiger partial charge on any atom is 0.326 e. The molecule has 5 nitrogen and oxygen atoms in total. The topological polar surface area (TPSA) is 82.2 Å². The first-order chi connectivity index (χ1) is 9.04. The van der Waals surface area contributed by atoms with Gasteiger partial charge in [0.1, 0.15) is 6.04 Å². The summed E-state index contributed by atoms with van der Waals surface area (Å²) in [7, 11) is 0. The first kappa shape index (κ1) is 13.1. The molecule has 0 aliphatic heterocycles. The smallest absolute Gasteiger partial charge is 0.326 e. The van der Waals surface area contributed by atoms with Crippen LogP contribution in [0.5, 0.6) is 0 Å². The largest absolute Gasteiger partial charge is 0.480 e. The van der Waals surface area contributed by atoms with Gasteiger partial charge in [0.2, 0.25) is 0 Å². The van der Waals surface area contributed by atoms with E-state index in [0.717, 1.165) is 16.6 Å². The highest BCUT2D eigenvalue weighted by Crippen LogP contribution is 2.21. The van der Waals surface area contributed by atoms with Crippen molar-refractivity contribution in [2.45, 2.75) is 26.3 Å². The molecule has 19 heavy (non-hydrogen) atoms. The van der Waals surface area contributed by atoms with Gasteiger partial charge in [-0.1, -0.05) is 25.1 Å². The van der Waals surface area contributed by atoms with Crippen LogP contribution in [0.25, 0.3) is 10.9 Å². The highest BCUT2D eigenvalue weighted by atomic mass is 16.4. The predicted molar refractivity (Wildman–Crippen MR) is 72.2 cm³/mol. The zero-order chi connectivity index (χ0) is 14.0. The molecule has 0 unspecified atom stereocenters. The summed E-state index contributed by atoms with van der Waals surface area (Å²) in [6.07, 6.45) is 0.350. The van der Waals surface area contributed by atoms with Gasteiger partial charge in [-0.2, -0.15) is 0 Å². The highest BCUT2D eigenvalue weighted by molar-refractivity contribution is 6.08. The average Bonchev–Trinajstić information content (AvgIpc) is 2.71. The van der Waals surface area contributed by atoms with Crippen LogP contribution in [0.4, 0.5) is 0 Å².